The van der Waals surface area contributed by atoms with E-state index in [0.717, 1.165) is 44.0 Å². The van der Waals surface area contributed by atoms with E-state index < -0.39 is 0 Å². The molecule has 0 aliphatic carbocycles. The Kier molecular flexibility index (Phi) is 7.69. The number of urea groups is 1. The highest BCUT2D eigenvalue weighted by Gasteiger charge is 2.32. The van der Waals surface area contributed by atoms with Gasteiger partial charge < -0.3 is 25.6 Å². The minimum atomic E-state index is -0.223. The molecule has 8 heteroatoms. The summed E-state index contributed by atoms with van der Waals surface area (Å²) in [6, 6.07) is 10.7. The molecule has 1 aliphatic heterocycles. The quantitative estimate of drug-likeness (QED) is 0.645. The molecule has 2 heterocycles. The van der Waals surface area contributed by atoms with Crippen molar-refractivity contribution in [1.82, 2.24) is 20.5 Å². The van der Waals surface area contributed by atoms with Gasteiger partial charge in [0.2, 0.25) is 0 Å². The van der Waals surface area contributed by atoms with Gasteiger partial charge in [-0.05, 0) is 49.9 Å². The van der Waals surface area contributed by atoms with E-state index in [4.69, 9.17) is 16.3 Å². The van der Waals surface area contributed by atoms with Crippen molar-refractivity contribution in [1.29, 1.82) is 0 Å². The number of nitrogens with zero attached hydrogens (tertiary/aromatic N) is 2. The topological polar surface area (TPSA) is 78.5 Å². The van der Waals surface area contributed by atoms with E-state index in [1.807, 2.05) is 19.2 Å². The van der Waals surface area contributed by atoms with E-state index in [-0.39, 0.29) is 18.0 Å². The first-order chi connectivity index (χ1) is 14.1. The van der Waals surface area contributed by atoms with E-state index >= 15 is 0 Å². The van der Waals surface area contributed by atoms with Crippen molar-refractivity contribution in [2.24, 2.45) is 0 Å². The number of nitrogens with one attached hydrogen (secondary N) is 3. The largest absolute Gasteiger partial charge is 0.495 e. The average molecular weight is 418 g/mol. The monoisotopic (exact) mass is 417 g/mol. The van der Waals surface area contributed by atoms with Gasteiger partial charge in [0.1, 0.15) is 5.75 Å². The molecule has 29 heavy (non-hydrogen) atoms. The van der Waals surface area contributed by atoms with Crippen LogP contribution < -0.4 is 20.7 Å². The first-order valence-electron chi connectivity index (χ1n) is 9.79. The van der Waals surface area contributed by atoms with Crippen LogP contribution in [0.3, 0.4) is 0 Å². The molecule has 2 atom stereocenters. The first kappa shape index (κ1) is 21.4. The van der Waals surface area contributed by atoms with Gasteiger partial charge in [-0.25, -0.2) is 4.79 Å². The van der Waals surface area contributed by atoms with Crippen LogP contribution in [-0.4, -0.2) is 62.3 Å². The van der Waals surface area contributed by atoms with Crippen molar-refractivity contribution in [3.8, 4) is 5.75 Å². The van der Waals surface area contributed by atoms with E-state index in [1.165, 1.54) is 0 Å². The number of benzene rings is 1. The second-order valence-corrected chi connectivity index (χ2v) is 7.57. The Labute approximate surface area is 176 Å². The number of hydrogen-bond donors (Lipinski definition) is 3. The number of rotatable bonds is 7. The fraction of sp³-hybridized carbons (Fsp3) is 0.429. The van der Waals surface area contributed by atoms with Crippen molar-refractivity contribution < 1.29 is 9.53 Å². The number of likely N-dealkylation sites (N-methyl/N-ethyl adjacent to an activating group) is 1. The first-order valence-corrected chi connectivity index (χ1v) is 10.2. The number of halogens is 1. The van der Waals surface area contributed by atoms with Crippen LogP contribution >= 0.6 is 11.6 Å². The van der Waals surface area contributed by atoms with E-state index in [0.29, 0.717) is 10.7 Å². The number of piperidine rings is 1. The van der Waals surface area contributed by atoms with Gasteiger partial charge in [-0.15, -0.1) is 0 Å². The molecular formula is C21H28ClN5O2. The van der Waals surface area contributed by atoms with Gasteiger partial charge in [-0.2, -0.15) is 0 Å². The zero-order chi connectivity index (χ0) is 20.6. The molecule has 1 aromatic carbocycles. The van der Waals surface area contributed by atoms with Crippen molar-refractivity contribution in [3.05, 3.63) is 53.3 Å². The zero-order valence-electron chi connectivity index (χ0n) is 16.8. The molecule has 2 unspecified atom stereocenters. The third-order valence-corrected chi connectivity index (χ3v) is 5.42. The second-order valence-electron chi connectivity index (χ2n) is 7.13. The normalized spacial score (nSPS) is 19.6. The maximum atomic E-state index is 12.6. The smallest absolute Gasteiger partial charge is 0.319 e. The van der Waals surface area contributed by atoms with E-state index in [1.54, 1.807) is 37.6 Å². The Bertz CT molecular complexity index is 785. The van der Waals surface area contributed by atoms with Gasteiger partial charge in [0, 0.05) is 54.5 Å². The predicted molar refractivity (Wildman–Crippen MR) is 116 cm³/mol. The van der Waals surface area contributed by atoms with Crippen LogP contribution in [0.15, 0.2) is 42.6 Å². The number of carbonyl (C=O) groups is 1. The molecule has 3 N–H and O–H groups in total. The second kappa shape index (κ2) is 10.4. The Morgan fingerprint density at radius 2 is 2.07 bits per heavy atom. The lowest BCUT2D eigenvalue weighted by Crippen LogP contribution is -2.51. The minimum Gasteiger partial charge on any atom is -0.495 e. The summed E-state index contributed by atoms with van der Waals surface area (Å²) in [5, 5.41) is 9.85. The van der Waals surface area contributed by atoms with Crippen molar-refractivity contribution >= 4 is 23.3 Å². The number of amides is 2. The predicted octanol–water partition coefficient (Wildman–Crippen LogP) is 2.94. The van der Waals surface area contributed by atoms with Crippen molar-refractivity contribution in [2.45, 2.75) is 18.4 Å². The van der Waals surface area contributed by atoms with Gasteiger partial charge in [-0.1, -0.05) is 11.6 Å². The molecule has 1 aromatic heterocycles. The molecule has 156 valence electrons. The van der Waals surface area contributed by atoms with Crippen molar-refractivity contribution in [3.63, 3.8) is 0 Å². The van der Waals surface area contributed by atoms with Crippen LogP contribution in [0.5, 0.6) is 5.75 Å². The van der Waals surface area contributed by atoms with Gasteiger partial charge in [0.25, 0.3) is 0 Å². The van der Waals surface area contributed by atoms with Gasteiger partial charge in [0.15, 0.2) is 0 Å². The molecule has 0 bridgehead atoms. The van der Waals surface area contributed by atoms with Crippen molar-refractivity contribution in [2.75, 3.05) is 45.7 Å². The summed E-state index contributed by atoms with van der Waals surface area (Å²) in [6.07, 6.45) is 2.59. The van der Waals surface area contributed by atoms with Gasteiger partial charge >= 0.3 is 6.03 Å². The van der Waals surface area contributed by atoms with E-state index in [2.05, 4.69) is 25.8 Å². The Balaban J connectivity index is 1.69. The molecule has 1 saturated heterocycles. The summed E-state index contributed by atoms with van der Waals surface area (Å²) >= 11 is 5.91. The molecule has 0 saturated carbocycles. The lowest BCUT2D eigenvalue weighted by atomic mass is 9.88. The van der Waals surface area contributed by atoms with Crippen LogP contribution in [0, 0.1) is 0 Å². The summed E-state index contributed by atoms with van der Waals surface area (Å²) in [5.74, 6) is 0.823. The van der Waals surface area contributed by atoms with Crippen LogP contribution in [0.2, 0.25) is 5.02 Å². The summed E-state index contributed by atoms with van der Waals surface area (Å²) in [6.45, 7) is 3.66. The molecule has 1 aliphatic rings. The third kappa shape index (κ3) is 6.06. The number of hydrogen-bond acceptors (Lipinski definition) is 5. The highest BCUT2D eigenvalue weighted by molar-refractivity contribution is 6.30. The number of aromatic nitrogens is 1. The Morgan fingerprint density at radius 3 is 2.72 bits per heavy atom. The number of methoxy groups -OCH3 is 1. The minimum absolute atomic E-state index is 0.00553. The van der Waals surface area contributed by atoms with Gasteiger partial charge in [-0.3, -0.25) is 4.98 Å². The number of ether oxygens (including phenoxy) is 1. The molecule has 2 aromatic rings. The molecular weight excluding hydrogens is 390 g/mol. The highest BCUT2D eigenvalue weighted by atomic mass is 35.5. The molecule has 2 amide bonds. The molecule has 1 fully saturated rings. The summed E-state index contributed by atoms with van der Waals surface area (Å²) in [4.78, 5) is 19.6. The SMILES string of the molecule is CNCCN1CCC(NC(=O)Nc2ccc(Cl)cc2)C(c2ccc(OC)cn2)C1. The Morgan fingerprint density at radius 1 is 1.28 bits per heavy atom. The van der Waals surface area contributed by atoms with Crippen LogP contribution in [-0.2, 0) is 0 Å². The lowest BCUT2D eigenvalue weighted by Gasteiger charge is -2.38. The fourth-order valence-electron chi connectivity index (χ4n) is 3.57. The van der Waals surface area contributed by atoms with E-state index in [9.17, 15) is 4.79 Å². The number of likely N-dealkylation sites (tertiary alicyclic amines) is 1. The van der Waals surface area contributed by atoms with Crippen LogP contribution in [0.25, 0.3) is 0 Å². The maximum absolute atomic E-state index is 12.6. The van der Waals surface area contributed by atoms with Crippen LogP contribution in [0.1, 0.15) is 18.0 Å². The molecule has 0 spiro atoms. The molecule has 3 rings (SSSR count). The molecule has 0 radical (unpaired) electrons. The summed E-state index contributed by atoms with van der Waals surface area (Å²) < 4.78 is 5.23. The molecule has 7 nitrogen and oxygen atoms in total. The third-order valence-electron chi connectivity index (χ3n) is 5.17. The fourth-order valence-corrected chi connectivity index (χ4v) is 3.69. The number of carbonyl (C=O) groups excluding carboxylic acids is 1. The maximum Gasteiger partial charge on any atom is 0.319 e. The number of anilines is 1. The standard InChI is InChI=1S/C21H28ClN5O2/c1-23-10-12-27-11-9-20(18(14-27)19-8-7-17(29-2)13-24-19)26-21(28)25-16-5-3-15(22)4-6-16/h3-8,13,18,20,23H,9-12,14H2,1-2H3,(H2,25,26,28). The average Bonchev–Trinajstić information content (AvgIpc) is 2.74. The summed E-state index contributed by atoms with van der Waals surface area (Å²) in [7, 11) is 3.58. The van der Waals surface area contributed by atoms with Gasteiger partial charge in [0.05, 0.1) is 13.3 Å². The highest BCUT2D eigenvalue weighted by Crippen LogP contribution is 2.27. The summed E-state index contributed by atoms with van der Waals surface area (Å²) in [5.41, 5.74) is 1.66. The Hall–Kier alpha value is -2.35. The number of pyridine rings is 1. The lowest BCUT2D eigenvalue weighted by molar-refractivity contribution is 0.174. The zero-order valence-corrected chi connectivity index (χ0v) is 17.6. The van der Waals surface area contributed by atoms with Crippen LogP contribution in [0.4, 0.5) is 10.5 Å².